The predicted molar refractivity (Wildman–Crippen MR) is 111 cm³/mol. The molecule has 0 aliphatic carbocycles. The molecule has 29 heavy (non-hydrogen) atoms. The molecule has 0 unspecified atom stereocenters. The number of hydrogen-bond donors (Lipinski definition) is 3. The van der Waals surface area contributed by atoms with Crippen LogP contribution in [0.25, 0.3) is 0 Å². The Morgan fingerprint density at radius 1 is 1.07 bits per heavy atom. The third-order valence-corrected chi connectivity index (χ3v) is 4.50. The average molecular weight is 396 g/mol. The minimum atomic E-state index is -0.391. The highest BCUT2D eigenvalue weighted by atomic mass is 16.5. The Morgan fingerprint density at radius 3 is 2.55 bits per heavy atom. The number of nitrogens with one attached hydrogen (secondary N) is 3. The summed E-state index contributed by atoms with van der Waals surface area (Å²) in [5.74, 6) is 0.575. The topological polar surface area (TPSA) is 99.8 Å². The highest BCUT2D eigenvalue weighted by Gasteiger charge is 2.21. The Bertz CT molecular complexity index is 883. The van der Waals surface area contributed by atoms with Crippen molar-refractivity contribution < 1.29 is 19.1 Å². The molecule has 0 aromatic heterocycles. The van der Waals surface area contributed by atoms with Gasteiger partial charge in [-0.1, -0.05) is 6.07 Å². The number of rotatable bonds is 7. The van der Waals surface area contributed by atoms with E-state index in [1.165, 1.54) is 0 Å². The number of amides is 4. The van der Waals surface area contributed by atoms with Gasteiger partial charge in [-0.05, 0) is 48.9 Å². The number of nitrogens with zero attached hydrogens (tertiary/aromatic N) is 1. The van der Waals surface area contributed by atoms with E-state index in [1.54, 1.807) is 54.5 Å². The van der Waals surface area contributed by atoms with Crippen molar-refractivity contribution in [3.63, 3.8) is 0 Å². The first-order valence-electron chi connectivity index (χ1n) is 9.44. The van der Waals surface area contributed by atoms with Gasteiger partial charge in [-0.15, -0.1) is 0 Å². The third-order valence-electron chi connectivity index (χ3n) is 4.50. The number of carbonyl (C=O) groups is 3. The lowest BCUT2D eigenvalue weighted by molar-refractivity contribution is -0.117. The maximum absolute atomic E-state index is 12.1. The second-order valence-corrected chi connectivity index (χ2v) is 6.61. The maximum atomic E-state index is 12.1. The lowest BCUT2D eigenvalue weighted by atomic mass is 10.2. The molecule has 2 aromatic rings. The molecule has 3 rings (SSSR count). The van der Waals surface area contributed by atoms with Gasteiger partial charge in [0, 0.05) is 43.0 Å². The van der Waals surface area contributed by atoms with E-state index >= 15 is 0 Å². The summed E-state index contributed by atoms with van der Waals surface area (Å²) in [5.41, 5.74) is 2.03. The van der Waals surface area contributed by atoms with Crippen LogP contribution in [0.1, 0.15) is 19.3 Å². The zero-order valence-electron chi connectivity index (χ0n) is 16.2. The van der Waals surface area contributed by atoms with E-state index in [4.69, 9.17) is 4.74 Å². The van der Waals surface area contributed by atoms with Crippen LogP contribution in [0.15, 0.2) is 48.5 Å². The van der Waals surface area contributed by atoms with E-state index in [0.717, 1.165) is 12.1 Å². The molecule has 0 radical (unpaired) electrons. The first kappa shape index (κ1) is 20.2. The number of ether oxygens (including phenoxy) is 1. The zero-order valence-corrected chi connectivity index (χ0v) is 16.2. The summed E-state index contributed by atoms with van der Waals surface area (Å²) >= 11 is 0. The van der Waals surface area contributed by atoms with E-state index in [9.17, 15) is 14.4 Å². The number of benzene rings is 2. The van der Waals surface area contributed by atoms with Gasteiger partial charge in [-0.25, -0.2) is 4.79 Å². The molecule has 1 heterocycles. The molecular weight excluding hydrogens is 372 g/mol. The van der Waals surface area contributed by atoms with Crippen molar-refractivity contribution in [1.82, 2.24) is 5.32 Å². The largest absolute Gasteiger partial charge is 0.497 e. The van der Waals surface area contributed by atoms with Gasteiger partial charge in [0.2, 0.25) is 11.8 Å². The van der Waals surface area contributed by atoms with Crippen molar-refractivity contribution >= 4 is 34.9 Å². The molecule has 1 aliphatic rings. The number of methoxy groups -OCH3 is 1. The highest BCUT2D eigenvalue weighted by Crippen LogP contribution is 2.24. The van der Waals surface area contributed by atoms with Crippen LogP contribution in [0.4, 0.5) is 21.9 Å². The molecule has 2 aromatic carbocycles. The molecule has 0 bridgehead atoms. The normalized spacial score (nSPS) is 13.1. The zero-order chi connectivity index (χ0) is 20.6. The van der Waals surface area contributed by atoms with Gasteiger partial charge < -0.3 is 25.6 Å². The predicted octanol–water partition coefficient (Wildman–Crippen LogP) is 2.97. The monoisotopic (exact) mass is 396 g/mol. The standard InChI is InChI=1S/C21H24N4O4/c1-29-18-9-7-15(8-10-18)24-21(28)22-12-11-19(26)23-16-4-2-5-17(14-16)25-13-3-6-20(25)27/h2,4-5,7-10,14H,3,6,11-13H2,1H3,(H,23,26)(H2,22,24,28). The van der Waals surface area contributed by atoms with Crippen molar-refractivity contribution in [3.05, 3.63) is 48.5 Å². The Kier molecular flexibility index (Phi) is 6.67. The molecule has 0 atom stereocenters. The molecule has 3 N–H and O–H groups in total. The Labute approximate surface area is 169 Å². The highest BCUT2D eigenvalue weighted by molar-refractivity contribution is 5.97. The summed E-state index contributed by atoms with van der Waals surface area (Å²) in [5, 5.41) is 8.12. The lowest BCUT2D eigenvalue weighted by Gasteiger charge is -2.16. The van der Waals surface area contributed by atoms with Crippen molar-refractivity contribution in [1.29, 1.82) is 0 Å². The summed E-state index contributed by atoms with van der Waals surface area (Å²) in [6.07, 6.45) is 1.53. The quantitative estimate of drug-likeness (QED) is 0.670. The summed E-state index contributed by atoms with van der Waals surface area (Å²) in [7, 11) is 1.57. The van der Waals surface area contributed by atoms with E-state index < -0.39 is 6.03 Å². The van der Waals surface area contributed by atoms with Crippen molar-refractivity contribution in [3.8, 4) is 5.75 Å². The van der Waals surface area contributed by atoms with Crippen LogP contribution in [0.5, 0.6) is 5.75 Å². The number of urea groups is 1. The maximum Gasteiger partial charge on any atom is 0.319 e. The fourth-order valence-corrected chi connectivity index (χ4v) is 3.04. The van der Waals surface area contributed by atoms with Crippen LogP contribution in [0.3, 0.4) is 0 Å². The Hall–Kier alpha value is -3.55. The molecule has 1 fully saturated rings. The van der Waals surface area contributed by atoms with Crippen LogP contribution in [0.2, 0.25) is 0 Å². The molecule has 8 heteroatoms. The molecule has 0 saturated carbocycles. The van der Waals surface area contributed by atoms with Crippen LogP contribution in [0, 0.1) is 0 Å². The van der Waals surface area contributed by atoms with E-state index in [1.807, 2.05) is 6.07 Å². The second kappa shape index (κ2) is 9.59. The van der Waals surface area contributed by atoms with Crippen LogP contribution in [-0.2, 0) is 9.59 Å². The van der Waals surface area contributed by atoms with Crippen molar-refractivity contribution in [2.24, 2.45) is 0 Å². The minimum absolute atomic E-state index is 0.0977. The van der Waals surface area contributed by atoms with Gasteiger partial charge in [0.1, 0.15) is 5.75 Å². The van der Waals surface area contributed by atoms with E-state index in [2.05, 4.69) is 16.0 Å². The molecule has 4 amide bonds. The molecule has 0 spiro atoms. The van der Waals surface area contributed by atoms with E-state index in [0.29, 0.717) is 30.1 Å². The summed E-state index contributed by atoms with van der Waals surface area (Å²) in [4.78, 5) is 37.6. The van der Waals surface area contributed by atoms with Gasteiger partial charge in [0.25, 0.3) is 0 Å². The summed E-state index contributed by atoms with van der Waals surface area (Å²) < 4.78 is 5.06. The van der Waals surface area contributed by atoms with Gasteiger partial charge >= 0.3 is 6.03 Å². The van der Waals surface area contributed by atoms with Crippen LogP contribution in [-0.4, -0.2) is 38.0 Å². The number of hydrogen-bond acceptors (Lipinski definition) is 4. The van der Waals surface area contributed by atoms with Crippen molar-refractivity contribution in [2.75, 3.05) is 35.7 Å². The Balaban J connectivity index is 1.42. The van der Waals surface area contributed by atoms with Gasteiger partial charge in [-0.3, -0.25) is 9.59 Å². The SMILES string of the molecule is COc1ccc(NC(=O)NCCC(=O)Nc2cccc(N3CCCC3=O)c2)cc1. The van der Waals surface area contributed by atoms with Crippen molar-refractivity contribution in [2.45, 2.75) is 19.3 Å². The van der Waals surface area contributed by atoms with Crippen LogP contribution < -0.4 is 25.6 Å². The second-order valence-electron chi connectivity index (χ2n) is 6.61. The first-order chi connectivity index (χ1) is 14.0. The minimum Gasteiger partial charge on any atom is -0.497 e. The fraction of sp³-hybridized carbons (Fsp3) is 0.286. The lowest BCUT2D eigenvalue weighted by Crippen LogP contribution is -2.31. The Morgan fingerprint density at radius 2 is 1.86 bits per heavy atom. The molecule has 152 valence electrons. The fourth-order valence-electron chi connectivity index (χ4n) is 3.04. The first-order valence-corrected chi connectivity index (χ1v) is 9.44. The van der Waals surface area contributed by atoms with Gasteiger partial charge in [0.15, 0.2) is 0 Å². The number of anilines is 3. The number of carbonyl (C=O) groups excluding carboxylic acids is 3. The summed E-state index contributed by atoms with van der Waals surface area (Å²) in [6, 6.07) is 13.8. The van der Waals surface area contributed by atoms with Gasteiger partial charge in [0.05, 0.1) is 7.11 Å². The van der Waals surface area contributed by atoms with Gasteiger partial charge in [-0.2, -0.15) is 0 Å². The van der Waals surface area contributed by atoms with Crippen LogP contribution >= 0.6 is 0 Å². The average Bonchev–Trinajstić information content (AvgIpc) is 3.14. The summed E-state index contributed by atoms with van der Waals surface area (Å²) in [6.45, 7) is 0.890. The molecular formula is C21H24N4O4. The molecule has 1 aliphatic heterocycles. The molecule has 8 nitrogen and oxygen atoms in total. The van der Waals surface area contributed by atoms with E-state index in [-0.39, 0.29) is 24.8 Å². The smallest absolute Gasteiger partial charge is 0.319 e. The third kappa shape index (κ3) is 5.71. The molecule has 1 saturated heterocycles.